The molecule has 0 saturated carbocycles. The van der Waals surface area contributed by atoms with E-state index in [1.807, 2.05) is 66.9 Å². The molecule has 4 amide bonds. The first-order valence-electron chi connectivity index (χ1n) is 11.5. The molecule has 2 heterocycles. The Labute approximate surface area is 208 Å². The molecule has 9 heteroatoms. The second kappa shape index (κ2) is 11.2. The number of hydrogen-bond acceptors (Lipinski definition) is 5. The van der Waals surface area contributed by atoms with E-state index in [0.717, 1.165) is 21.6 Å². The van der Waals surface area contributed by atoms with Gasteiger partial charge in [0.05, 0.1) is 6.42 Å². The van der Waals surface area contributed by atoms with Crippen molar-refractivity contribution in [1.82, 2.24) is 15.1 Å². The molecule has 1 atom stereocenters. The molecule has 1 aromatic heterocycles. The molecular weight excluding hydrogens is 462 g/mol. The van der Waals surface area contributed by atoms with Gasteiger partial charge in [-0.2, -0.15) is 0 Å². The predicted octanol–water partition coefficient (Wildman–Crippen LogP) is 3.08. The third kappa shape index (κ3) is 6.06. The lowest BCUT2D eigenvalue weighted by Crippen LogP contribution is -2.54. The van der Waals surface area contributed by atoms with Crippen LogP contribution < -0.4 is 16.4 Å². The van der Waals surface area contributed by atoms with E-state index in [1.54, 1.807) is 6.07 Å². The van der Waals surface area contributed by atoms with Crippen LogP contribution in [0.15, 0.2) is 66.0 Å². The molecule has 4 N–H and O–H groups in total. The molecule has 0 bridgehead atoms. The van der Waals surface area contributed by atoms with Crippen LogP contribution in [0, 0.1) is 6.92 Å². The number of benzene rings is 2. The van der Waals surface area contributed by atoms with E-state index in [4.69, 9.17) is 5.73 Å². The van der Waals surface area contributed by atoms with Gasteiger partial charge in [-0.3, -0.25) is 14.5 Å². The maximum atomic E-state index is 13.4. The Morgan fingerprint density at radius 3 is 2.51 bits per heavy atom. The van der Waals surface area contributed by atoms with Gasteiger partial charge < -0.3 is 21.3 Å². The van der Waals surface area contributed by atoms with Crippen LogP contribution in [0.25, 0.3) is 0 Å². The van der Waals surface area contributed by atoms with Crippen LogP contribution in [0.3, 0.4) is 0 Å². The first-order valence-corrected chi connectivity index (χ1v) is 12.3. The largest absolute Gasteiger partial charge is 0.349 e. The van der Waals surface area contributed by atoms with E-state index in [-0.39, 0.29) is 32.0 Å². The van der Waals surface area contributed by atoms with Crippen molar-refractivity contribution in [3.05, 3.63) is 87.6 Å². The van der Waals surface area contributed by atoms with Gasteiger partial charge in [0.1, 0.15) is 0 Å². The molecule has 1 fully saturated rings. The summed E-state index contributed by atoms with van der Waals surface area (Å²) in [4.78, 5) is 43.5. The highest BCUT2D eigenvalue weighted by atomic mass is 32.1. The van der Waals surface area contributed by atoms with Crippen LogP contribution in [0.1, 0.15) is 21.6 Å². The summed E-state index contributed by atoms with van der Waals surface area (Å²) in [5, 5.41) is 7.67. The van der Waals surface area contributed by atoms with E-state index < -0.39 is 18.1 Å². The predicted molar refractivity (Wildman–Crippen MR) is 137 cm³/mol. The van der Waals surface area contributed by atoms with E-state index >= 15 is 0 Å². The Morgan fingerprint density at radius 1 is 1.00 bits per heavy atom. The number of urea groups is 1. The van der Waals surface area contributed by atoms with Crippen molar-refractivity contribution < 1.29 is 14.4 Å². The molecule has 1 aliphatic heterocycles. The van der Waals surface area contributed by atoms with Gasteiger partial charge in [0, 0.05) is 36.7 Å². The fraction of sp³-hybridized carbons (Fsp3) is 0.269. The summed E-state index contributed by atoms with van der Waals surface area (Å²) >= 11 is 1.49. The molecule has 8 nitrogen and oxygen atoms in total. The molecule has 1 unspecified atom stereocenters. The van der Waals surface area contributed by atoms with Crippen molar-refractivity contribution >= 4 is 34.9 Å². The fourth-order valence-corrected chi connectivity index (χ4v) is 4.81. The summed E-state index contributed by atoms with van der Waals surface area (Å²) in [6.07, 6.45) is -0.849. The number of anilines is 1. The number of nitrogens with two attached hydrogens (primary N) is 1. The lowest BCUT2D eigenvalue weighted by Gasteiger charge is -2.29. The van der Waals surface area contributed by atoms with Gasteiger partial charge in [-0.15, -0.1) is 11.3 Å². The number of aryl methyl sites for hydroxylation is 1. The SMILES string of the molecule is Cc1cccc(NC(=O)N2CCN(C(=O)Cc3cccs3)C2C(=O)NCc2cccc(CN)c2)c1. The zero-order valence-corrected chi connectivity index (χ0v) is 20.4. The highest BCUT2D eigenvalue weighted by Crippen LogP contribution is 2.21. The second-order valence-electron chi connectivity index (χ2n) is 8.45. The number of amides is 4. The Morgan fingerprint density at radius 2 is 1.77 bits per heavy atom. The van der Waals surface area contributed by atoms with Crippen molar-refractivity contribution in [2.24, 2.45) is 5.73 Å². The molecule has 3 aromatic rings. The van der Waals surface area contributed by atoms with Crippen molar-refractivity contribution in [3.63, 3.8) is 0 Å². The number of hydrogen-bond donors (Lipinski definition) is 3. The molecule has 182 valence electrons. The summed E-state index contributed by atoms with van der Waals surface area (Å²) < 4.78 is 0. The minimum absolute atomic E-state index is 0.188. The number of rotatable bonds is 7. The summed E-state index contributed by atoms with van der Waals surface area (Å²) in [6.45, 7) is 3.15. The molecule has 35 heavy (non-hydrogen) atoms. The van der Waals surface area contributed by atoms with Crippen molar-refractivity contribution in [1.29, 1.82) is 0 Å². The molecule has 4 rings (SSSR count). The Kier molecular flexibility index (Phi) is 7.79. The summed E-state index contributed by atoms with van der Waals surface area (Å²) in [7, 11) is 0. The van der Waals surface area contributed by atoms with E-state index in [0.29, 0.717) is 12.2 Å². The van der Waals surface area contributed by atoms with Gasteiger partial charge in [0.2, 0.25) is 5.91 Å². The van der Waals surface area contributed by atoms with Crippen LogP contribution in [-0.4, -0.2) is 46.9 Å². The zero-order valence-electron chi connectivity index (χ0n) is 19.6. The molecular formula is C26H29N5O3S. The highest BCUT2D eigenvalue weighted by molar-refractivity contribution is 7.10. The zero-order chi connectivity index (χ0) is 24.8. The lowest BCUT2D eigenvalue weighted by molar-refractivity contribution is -0.140. The van der Waals surface area contributed by atoms with Crippen molar-refractivity contribution in [3.8, 4) is 0 Å². The topological polar surface area (TPSA) is 108 Å². The average molecular weight is 492 g/mol. The van der Waals surface area contributed by atoms with Gasteiger partial charge in [0.15, 0.2) is 6.17 Å². The monoisotopic (exact) mass is 491 g/mol. The van der Waals surface area contributed by atoms with E-state index in [2.05, 4.69) is 10.6 Å². The van der Waals surface area contributed by atoms with E-state index in [9.17, 15) is 14.4 Å². The third-order valence-corrected chi connectivity index (χ3v) is 6.73. The van der Waals surface area contributed by atoms with Crippen molar-refractivity contribution in [2.75, 3.05) is 18.4 Å². The Bertz CT molecular complexity index is 1200. The number of carbonyl (C=O) groups excluding carboxylic acids is 3. The van der Waals surface area contributed by atoms with Gasteiger partial charge in [-0.1, -0.05) is 42.5 Å². The first-order chi connectivity index (χ1) is 16.9. The number of nitrogens with one attached hydrogen (secondary N) is 2. The molecule has 0 aliphatic carbocycles. The Hall–Kier alpha value is -3.69. The molecule has 0 spiro atoms. The Balaban J connectivity index is 1.51. The minimum Gasteiger partial charge on any atom is -0.349 e. The summed E-state index contributed by atoms with van der Waals surface area (Å²) in [5.41, 5.74) is 9.22. The van der Waals surface area contributed by atoms with Gasteiger partial charge >= 0.3 is 6.03 Å². The van der Waals surface area contributed by atoms with Crippen molar-refractivity contribution in [2.45, 2.75) is 32.6 Å². The number of carbonyl (C=O) groups is 3. The maximum absolute atomic E-state index is 13.4. The van der Waals surface area contributed by atoms with Crippen LogP contribution in [0.4, 0.5) is 10.5 Å². The van der Waals surface area contributed by atoms with E-state index in [1.165, 1.54) is 21.1 Å². The molecule has 1 saturated heterocycles. The normalized spacial score (nSPS) is 15.2. The fourth-order valence-electron chi connectivity index (χ4n) is 4.11. The van der Waals surface area contributed by atoms with Gasteiger partial charge in [-0.05, 0) is 47.2 Å². The molecule has 0 radical (unpaired) electrons. The average Bonchev–Trinajstić information content (AvgIpc) is 3.53. The second-order valence-corrected chi connectivity index (χ2v) is 9.48. The van der Waals surface area contributed by atoms with Crippen LogP contribution in [0.2, 0.25) is 0 Å². The van der Waals surface area contributed by atoms with Gasteiger partial charge in [0.25, 0.3) is 5.91 Å². The maximum Gasteiger partial charge on any atom is 0.323 e. The quantitative estimate of drug-likeness (QED) is 0.472. The van der Waals surface area contributed by atoms with Crippen LogP contribution in [0.5, 0.6) is 0 Å². The number of thiophene rings is 1. The smallest absolute Gasteiger partial charge is 0.323 e. The highest BCUT2D eigenvalue weighted by Gasteiger charge is 2.42. The molecule has 2 aromatic carbocycles. The standard InChI is InChI=1S/C26H29N5O3S/c1-18-5-2-8-21(13-18)29-26(34)31-11-10-30(23(32)15-22-9-4-12-35-22)25(31)24(33)28-17-20-7-3-6-19(14-20)16-27/h2-9,12-14,25H,10-11,15-17,27H2,1H3,(H,28,33)(H,29,34). The minimum atomic E-state index is -1.04. The third-order valence-electron chi connectivity index (χ3n) is 5.86. The van der Waals surface area contributed by atoms with Gasteiger partial charge in [-0.25, -0.2) is 4.79 Å². The number of nitrogens with zero attached hydrogens (tertiary/aromatic N) is 2. The lowest BCUT2D eigenvalue weighted by atomic mass is 10.1. The molecule has 1 aliphatic rings. The summed E-state index contributed by atoms with van der Waals surface area (Å²) in [6, 6.07) is 18.4. The van der Waals surface area contributed by atoms with Crippen LogP contribution >= 0.6 is 11.3 Å². The van der Waals surface area contributed by atoms with Crippen LogP contribution in [-0.2, 0) is 29.1 Å². The first kappa shape index (κ1) is 24.4. The summed E-state index contributed by atoms with van der Waals surface area (Å²) in [5.74, 6) is -0.594.